The zero-order valence-corrected chi connectivity index (χ0v) is 10.9. The van der Waals surface area contributed by atoms with Crippen molar-refractivity contribution < 1.29 is 14.3 Å². The maximum atomic E-state index is 12.0. The van der Waals surface area contributed by atoms with E-state index in [-0.39, 0.29) is 24.2 Å². The van der Waals surface area contributed by atoms with Gasteiger partial charge in [0.2, 0.25) is 5.91 Å². The summed E-state index contributed by atoms with van der Waals surface area (Å²) >= 11 is 0. The molecule has 1 amide bonds. The van der Waals surface area contributed by atoms with Gasteiger partial charge in [0.05, 0.1) is 5.92 Å². The lowest BCUT2D eigenvalue weighted by atomic mass is 9.77. The van der Waals surface area contributed by atoms with E-state index in [2.05, 4.69) is 0 Å². The van der Waals surface area contributed by atoms with E-state index in [1.165, 1.54) is 0 Å². The molecule has 1 rings (SSSR count). The average molecular weight is 240 g/mol. The first-order chi connectivity index (χ1) is 7.79. The maximum absolute atomic E-state index is 12.0. The Bertz CT molecular complexity index is 294. The number of carbonyl (C=O) groups excluding carboxylic acids is 2. The highest BCUT2D eigenvalue weighted by Crippen LogP contribution is 2.34. The molecule has 0 aromatic heterocycles. The van der Waals surface area contributed by atoms with Crippen LogP contribution >= 0.6 is 0 Å². The van der Waals surface area contributed by atoms with Crippen molar-refractivity contribution in [3.05, 3.63) is 0 Å². The van der Waals surface area contributed by atoms with Gasteiger partial charge in [-0.1, -0.05) is 12.8 Å². The van der Waals surface area contributed by atoms with Crippen LogP contribution in [0.25, 0.3) is 0 Å². The Hall–Kier alpha value is -1.06. The molecule has 2 unspecified atom stereocenters. The summed E-state index contributed by atoms with van der Waals surface area (Å²) in [6, 6.07) is 0. The molecule has 1 radical (unpaired) electrons. The van der Waals surface area contributed by atoms with Crippen LogP contribution in [0.1, 0.15) is 52.9 Å². The van der Waals surface area contributed by atoms with Crippen LogP contribution in [-0.2, 0) is 14.3 Å². The van der Waals surface area contributed by atoms with Gasteiger partial charge in [0.1, 0.15) is 5.60 Å². The Labute approximate surface area is 103 Å². The van der Waals surface area contributed by atoms with E-state index in [4.69, 9.17) is 10.5 Å². The number of ether oxygens (including phenoxy) is 1. The van der Waals surface area contributed by atoms with Gasteiger partial charge in [-0.05, 0) is 39.5 Å². The summed E-state index contributed by atoms with van der Waals surface area (Å²) in [5, 5.41) is 0. The molecular weight excluding hydrogens is 218 g/mol. The van der Waals surface area contributed by atoms with Crippen LogP contribution in [0.2, 0.25) is 0 Å². The number of esters is 1. The van der Waals surface area contributed by atoms with Crippen molar-refractivity contribution in [3.63, 3.8) is 0 Å². The van der Waals surface area contributed by atoms with Crippen molar-refractivity contribution in [2.24, 2.45) is 11.8 Å². The summed E-state index contributed by atoms with van der Waals surface area (Å²) in [5.41, 5.74) is 6.55. The Morgan fingerprint density at radius 1 is 1.24 bits per heavy atom. The van der Waals surface area contributed by atoms with E-state index in [1.54, 1.807) is 0 Å². The second-order valence-corrected chi connectivity index (χ2v) is 5.81. The molecule has 4 nitrogen and oxygen atoms in total. The number of nitrogens with one attached hydrogen (secondary N) is 1. The van der Waals surface area contributed by atoms with Gasteiger partial charge in [-0.25, -0.2) is 0 Å². The van der Waals surface area contributed by atoms with Gasteiger partial charge in [0.25, 0.3) is 0 Å². The molecule has 0 heterocycles. The van der Waals surface area contributed by atoms with Crippen LogP contribution in [0, 0.1) is 11.8 Å². The third-order valence-electron chi connectivity index (χ3n) is 3.07. The van der Waals surface area contributed by atoms with Crippen molar-refractivity contribution in [3.8, 4) is 0 Å². The second kappa shape index (κ2) is 5.52. The molecule has 2 atom stereocenters. The molecule has 1 saturated carbocycles. The molecule has 0 aromatic rings. The van der Waals surface area contributed by atoms with Crippen LogP contribution in [0.5, 0.6) is 0 Å². The predicted molar refractivity (Wildman–Crippen MR) is 64.0 cm³/mol. The first-order valence-electron chi connectivity index (χ1n) is 6.27. The SMILES string of the molecule is CC(C)(C)OC(=O)C1CCCCC1CC([NH])=O. The summed E-state index contributed by atoms with van der Waals surface area (Å²) in [6.45, 7) is 5.54. The molecule has 1 aliphatic rings. The fourth-order valence-corrected chi connectivity index (χ4v) is 2.38. The number of rotatable bonds is 3. The summed E-state index contributed by atoms with van der Waals surface area (Å²) in [6.07, 6.45) is 3.87. The first kappa shape index (κ1) is 14.0. The summed E-state index contributed by atoms with van der Waals surface area (Å²) < 4.78 is 5.38. The minimum atomic E-state index is -0.578. The largest absolute Gasteiger partial charge is 0.460 e. The van der Waals surface area contributed by atoms with Gasteiger partial charge in [-0.3, -0.25) is 15.3 Å². The van der Waals surface area contributed by atoms with E-state index in [1.807, 2.05) is 20.8 Å². The normalized spacial score (nSPS) is 25.4. The van der Waals surface area contributed by atoms with E-state index in [0.29, 0.717) is 0 Å². The van der Waals surface area contributed by atoms with Gasteiger partial charge in [-0.15, -0.1) is 0 Å². The lowest BCUT2D eigenvalue weighted by Gasteiger charge is -2.31. The van der Waals surface area contributed by atoms with Gasteiger partial charge < -0.3 is 4.74 Å². The van der Waals surface area contributed by atoms with Gasteiger partial charge >= 0.3 is 5.97 Å². The van der Waals surface area contributed by atoms with E-state index in [9.17, 15) is 9.59 Å². The Morgan fingerprint density at radius 3 is 2.35 bits per heavy atom. The lowest BCUT2D eigenvalue weighted by molar-refractivity contribution is -0.163. The predicted octanol–water partition coefficient (Wildman–Crippen LogP) is 2.33. The zero-order valence-electron chi connectivity index (χ0n) is 10.9. The highest BCUT2D eigenvalue weighted by atomic mass is 16.6. The van der Waals surface area contributed by atoms with Crippen LogP contribution in [0.15, 0.2) is 0 Å². The van der Waals surface area contributed by atoms with Crippen molar-refractivity contribution in [2.75, 3.05) is 0 Å². The molecule has 0 aromatic carbocycles. The number of hydrogen-bond donors (Lipinski definition) is 0. The number of carbonyl (C=O) groups is 2. The molecule has 17 heavy (non-hydrogen) atoms. The first-order valence-corrected chi connectivity index (χ1v) is 6.27. The molecule has 1 aliphatic carbocycles. The third kappa shape index (κ3) is 4.75. The number of amides is 1. The minimum absolute atomic E-state index is 0.00333. The third-order valence-corrected chi connectivity index (χ3v) is 3.07. The van der Waals surface area contributed by atoms with Gasteiger partial charge in [-0.2, -0.15) is 0 Å². The van der Waals surface area contributed by atoms with Gasteiger partial charge in [0, 0.05) is 6.42 Å². The molecule has 0 spiro atoms. The fraction of sp³-hybridized carbons (Fsp3) is 0.846. The summed E-state index contributed by atoms with van der Waals surface area (Å²) in [7, 11) is 0. The van der Waals surface area contributed by atoms with Crippen LogP contribution in [0.3, 0.4) is 0 Å². The van der Waals surface area contributed by atoms with Crippen LogP contribution < -0.4 is 5.73 Å². The summed E-state index contributed by atoms with van der Waals surface area (Å²) in [4.78, 5) is 22.9. The van der Waals surface area contributed by atoms with Crippen molar-refractivity contribution in [2.45, 2.75) is 58.5 Å². The quantitative estimate of drug-likeness (QED) is 0.711. The molecular formula is C13H22NO3. The van der Waals surface area contributed by atoms with E-state index >= 15 is 0 Å². The van der Waals surface area contributed by atoms with E-state index < -0.39 is 11.5 Å². The summed E-state index contributed by atoms with van der Waals surface area (Å²) in [5.74, 6) is -0.977. The molecule has 97 valence electrons. The molecule has 0 bridgehead atoms. The van der Waals surface area contributed by atoms with Gasteiger partial charge in [0.15, 0.2) is 0 Å². The average Bonchev–Trinajstić information content (AvgIpc) is 2.14. The molecule has 1 N–H and O–H groups in total. The minimum Gasteiger partial charge on any atom is -0.460 e. The Kier molecular flexibility index (Phi) is 4.54. The fourth-order valence-electron chi connectivity index (χ4n) is 2.38. The highest BCUT2D eigenvalue weighted by molar-refractivity contribution is 5.77. The zero-order chi connectivity index (χ0) is 13.1. The second-order valence-electron chi connectivity index (χ2n) is 5.81. The van der Waals surface area contributed by atoms with Crippen LogP contribution in [-0.4, -0.2) is 17.5 Å². The monoisotopic (exact) mass is 240 g/mol. The van der Waals surface area contributed by atoms with Crippen molar-refractivity contribution in [1.29, 1.82) is 0 Å². The number of hydrogen-bond acceptors (Lipinski definition) is 3. The van der Waals surface area contributed by atoms with Crippen molar-refractivity contribution >= 4 is 11.9 Å². The van der Waals surface area contributed by atoms with Crippen molar-refractivity contribution in [1.82, 2.24) is 5.73 Å². The maximum Gasteiger partial charge on any atom is 0.309 e. The smallest absolute Gasteiger partial charge is 0.309 e. The lowest BCUT2D eigenvalue weighted by Crippen LogP contribution is -2.35. The molecule has 4 heteroatoms. The molecule has 0 saturated heterocycles. The Morgan fingerprint density at radius 2 is 1.82 bits per heavy atom. The van der Waals surface area contributed by atoms with E-state index in [0.717, 1.165) is 25.7 Å². The molecule has 0 aliphatic heterocycles. The van der Waals surface area contributed by atoms with Crippen LogP contribution in [0.4, 0.5) is 0 Å². The highest BCUT2D eigenvalue weighted by Gasteiger charge is 2.34. The topological polar surface area (TPSA) is 67.2 Å². The standard InChI is InChI=1S/C13H22NO3/c1-13(2,3)17-12(16)10-7-5-4-6-9(10)8-11(14)15/h9-10,14H,4-8H2,1-3H3. The molecule has 1 fully saturated rings. The Balaban J connectivity index is 2.64.